The van der Waals surface area contributed by atoms with Crippen LogP contribution in [0.1, 0.15) is 32.0 Å². The molecule has 1 aromatic heterocycles. The van der Waals surface area contributed by atoms with Crippen LogP contribution < -0.4 is 0 Å². The quantitative estimate of drug-likeness (QED) is 0.392. The van der Waals surface area contributed by atoms with Gasteiger partial charge in [0.15, 0.2) is 11.6 Å². The van der Waals surface area contributed by atoms with Crippen molar-refractivity contribution in [3.63, 3.8) is 0 Å². The molecule has 0 atom stereocenters. The molecule has 0 bridgehead atoms. The molecule has 0 saturated carbocycles. The Balaban J connectivity index is 1.75. The van der Waals surface area contributed by atoms with Crippen LogP contribution in [0.3, 0.4) is 0 Å². The van der Waals surface area contributed by atoms with Gasteiger partial charge in [0.1, 0.15) is 11.5 Å². The van der Waals surface area contributed by atoms with Crippen molar-refractivity contribution in [1.29, 1.82) is 0 Å². The minimum absolute atomic E-state index is 0.0282. The Hall–Kier alpha value is -3.68. The molecule has 1 N–H and O–H groups in total. The van der Waals surface area contributed by atoms with Gasteiger partial charge in [0.25, 0.3) is 5.69 Å². The topological polar surface area (TPSA) is 106 Å². The van der Waals surface area contributed by atoms with Crippen LogP contribution in [0, 0.1) is 15.9 Å². The van der Waals surface area contributed by atoms with Crippen LogP contribution in [0.4, 0.5) is 10.1 Å². The number of hydrogen-bond acceptors (Lipinski definition) is 5. The Morgan fingerprint density at radius 1 is 1.07 bits per heavy atom. The van der Waals surface area contributed by atoms with Gasteiger partial charge < -0.3 is 0 Å². The predicted octanol–water partition coefficient (Wildman–Crippen LogP) is 3.31. The summed E-state index contributed by atoms with van der Waals surface area (Å²) in [6.45, 7) is 0. The van der Waals surface area contributed by atoms with Crippen LogP contribution in [0.2, 0.25) is 0 Å². The van der Waals surface area contributed by atoms with E-state index >= 15 is 0 Å². The van der Waals surface area contributed by atoms with Gasteiger partial charge in [-0.25, -0.2) is 4.39 Å². The molecule has 0 radical (unpaired) electrons. The van der Waals surface area contributed by atoms with Crippen molar-refractivity contribution in [3.8, 4) is 0 Å². The Kier molecular flexibility index (Phi) is 5.16. The van der Waals surface area contributed by atoms with Gasteiger partial charge in [0.2, 0.25) is 0 Å². The van der Waals surface area contributed by atoms with Crippen LogP contribution in [-0.2, 0) is 12.8 Å². The van der Waals surface area contributed by atoms with Crippen molar-refractivity contribution in [2.45, 2.75) is 12.8 Å². The lowest BCUT2D eigenvalue weighted by atomic mass is 9.99. The fourth-order valence-electron chi connectivity index (χ4n) is 2.63. The molecule has 0 unspecified atom stereocenters. The Bertz CT molecular complexity index is 1010. The molecule has 2 aromatic carbocycles. The highest BCUT2D eigenvalue weighted by molar-refractivity contribution is 6.01. The first-order valence-electron chi connectivity index (χ1n) is 8.01. The summed E-state index contributed by atoms with van der Waals surface area (Å²) in [4.78, 5) is 35.2. The predicted molar refractivity (Wildman–Crippen MR) is 94.2 cm³/mol. The third-order valence-electron chi connectivity index (χ3n) is 4.00. The van der Waals surface area contributed by atoms with E-state index in [-0.39, 0.29) is 41.4 Å². The van der Waals surface area contributed by atoms with Gasteiger partial charge in [-0.05, 0) is 17.7 Å². The molecule has 0 saturated heterocycles. The van der Waals surface area contributed by atoms with Crippen molar-refractivity contribution >= 4 is 17.3 Å². The number of nitrogens with one attached hydrogen (secondary N) is 1. The van der Waals surface area contributed by atoms with E-state index in [0.717, 1.165) is 0 Å². The number of H-pyrrole nitrogens is 1. The Labute approximate surface area is 153 Å². The number of nitrogens with zero attached hydrogens (tertiary/aromatic N) is 2. The smallest absolute Gasteiger partial charge is 0.270 e. The van der Waals surface area contributed by atoms with Gasteiger partial charge in [-0.2, -0.15) is 5.10 Å². The summed E-state index contributed by atoms with van der Waals surface area (Å²) < 4.78 is 13.0. The maximum atomic E-state index is 13.0. The van der Waals surface area contributed by atoms with Gasteiger partial charge in [-0.3, -0.25) is 24.8 Å². The third-order valence-corrected chi connectivity index (χ3v) is 4.00. The lowest BCUT2D eigenvalue weighted by Crippen LogP contribution is -2.10. The number of carbonyl (C=O) groups is 2. The number of aromatic amines is 1. The highest BCUT2D eigenvalue weighted by Gasteiger charge is 2.19. The SMILES string of the molecule is O=C(Cc1cn[nH]c1C(=O)Cc1ccc(F)cc1)c1cccc([N+](=O)[O-])c1. The minimum Gasteiger partial charge on any atom is -0.294 e. The van der Waals surface area contributed by atoms with E-state index in [1.807, 2.05) is 0 Å². The number of ketones is 2. The number of carbonyl (C=O) groups excluding carboxylic acids is 2. The average Bonchev–Trinajstić information content (AvgIpc) is 3.12. The summed E-state index contributed by atoms with van der Waals surface area (Å²) >= 11 is 0. The Morgan fingerprint density at radius 3 is 2.52 bits per heavy atom. The third kappa shape index (κ3) is 4.30. The fourth-order valence-corrected chi connectivity index (χ4v) is 2.63. The van der Waals surface area contributed by atoms with Crippen molar-refractivity contribution in [2.75, 3.05) is 0 Å². The van der Waals surface area contributed by atoms with Gasteiger partial charge in [-0.15, -0.1) is 0 Å². The molecule has 0 aliphatic carbocycles. The zero-order valence-electron chi connectivity index (χ0n) is 14.0. The first-order valence-corrected chi connectivity index (χ1v) is 8.01. The molecule has 1 heterocycles. The molecule has 27 heavy (non-hydrogen) atoms. The molecule has 136 valence electrons. The number of halogens is 1. The van der Waals surface area contributed by atoms with Crippen molar-refractivity contribution in [2.24, 2.45) is 0 Å². The first-order chi connectivity index (χ1) is 12.9. The molecule has 0 amide bonds. The largest absolute Gasteiger partial charge is 0.294 e. The average molecular weight is 367 g/mol. The van der Waals surface area contributed by atoms with Gasteiger partial charge in [0, 0.05) is 36.1 Å². The lowest BCUT2D eigenvalue weighted by molar-refractivity contribution is -0.384. The fraction of sp³-hybridized carbons (Fsp3) is 0.105. The first kappa shape index (κ1) is 18.1. The summed E-state index contributed by atoms with van der Waals surface area (Å²) in [7, 11) is 0. The van der Waals surface area contributed by atoms with E-state index < -0.39 is 10.7 Å². The summed E-state index contributed by atoms with van der Waals surface area (Å²) in [5, 5.41) is 17.3. The van der Waals surface area contributed by atoms with E-state index in [9.17, 15) is 24.1 Å². The number of nitro groups is 1. The number of benzene rings is 2. The molecule has 3 rings (SSSR count). The number of rotatable bonds is 7. The summed E-state index contributed by atoms with van der Waals surface area (Å²) in [6.07, 6.45) is 1.29. The summed E-state index contributed by atoms with van der Waals surface area (Å²) in [5.74, 6) is -1.05. The monoisotopic (exact) mass is 367 g/mol. The highest BCUT2D eigenvalue weighted by atomic mass is 19.1. The van der Waals surface area contributed by atoms with Crippen LogP contribution in [-0.4, -0.2) is 26.7 Å². The van der Waals surface area contributed by atoms with E-state index in [2.05, 4.69) is 10.2 Å². The number of nitro benzene ring substituents is 1. The van der Waals surface area contributed by atoms with Crippen molar-refractivity contribution in [1.82, 2.24) is 10.2 Å². The van der Waals surface area contributed by atoms with Gasteiger partial charge in [0.05, 0.1) is 11.1 Å². The second kappa shape index (κ2) is 7.69. The van der Waals surface area contributed by atoms with E-state index in [0.29, 0.717) is 11.1 Å². The van der Waals surface area contributed by atoms with Crippen molar-refractivity contribution < 1.29 is 18.9 Å². The molecule has 0 fully saturated rings. The van der Waals surface area contributed by atoms with Crippen molar-refractivity contribution in [3.05, 3.63) is 93.0 Å². The van der Waals surface area contributed by atoms with Crippen LogP contribution in [0.15, 0.2) is 54.7 Å². The molecular formula is C19H14FN3O4. The molecule has 0 aliphatic rings. The van der Waals surface area contributed by atoms with E-state index in [1.165, 1.54) is 54.7 Å². The van der Waals surface area contributed by atoms with Crippen LogP contribution >= 0.6 is 0 Å². The minimum atomic E-state index is -0.577. The van der Waals surface area contributed by atoms with E-state index in [1.54, 1.807) is 0 Å². The summed E-state index contributed by atoms with van der Waals surface area (Å²) in [6, 6.07) is 11.0. The normalized spacial score (nSPS) is 10.6. The lowest BCUT2D eigenvalue weighted by Gasteiger charge is -2.04. The number of aromatic nitrogens is 2. The zero-order valence-corrected chi connectivity index (χ0v) is 14.0. The summed E-state index contributed by atoms with van der Waals surface area (Å²) in [5.41, 5.74) is 1.23. The second-order valence-corrected chi connectivity index (χ2v) is 5.90. The van der Waals surface area contributed by atoms with Crippen LogP contribution in [0.25, 0.3) is 0 Å². The zero-order chi connectivity index (χ0) is 19.4. The molecular weight excluding hydrogens is 353 g/mol. The number of non-ortho nitro benzene ring substituents is 1. The van der Waals surface area contributed by atoms with Gasteiger partial charge in [-0.1, -0.05) is 24.3 Å². The van der Waals surface area contributed by atoms with Gasteiger partial charge >= 0.3 is 0 Å². The van der Waals surface area contributed by atoms with E-state index in [4.69, 9.17) is 0 Å². The van der Waals surface area contributed by atoms with Crippen LogP contribution in [0.5, 0.6) is 0 Å². The maximum absolute atomic E-state index is 13.0. The standard InChI is InChI=1S/C19H14FN3O4/c20-15-6-4-12(5-7-15)8-18(25)19-14(11-21-22-19)10-17(24)13-2-1-3-16(9-13)23(26)27/h1-7,9,11H,8,10H2,(H,21,22). The highest BCUT2D eigenvalue weighted by Crippen LogP contribution is 2.17. The number of hydrogen-bond donors (Lipinski definition) is 1. The maximum Gasteiger partial charge on any atom is 0.270 e. The molecule has 0 spiro atoms. The molecule has 3 aromatic rings. The molecule has 0 aliphatic heterocycles. The Morgan fingerprint density at radius 2 is 1.81 bits per heavy atom. The molecule has 7 nitrogen and oxygen atoms in total. The number of Topliss-reactive ketones (excluding diaryl/α,β-unsaturated/α-hetero) is 2. The second-order valence-electron chi connectivity index (χ2n) is 5.90. The molecule has 8 heteroatoms.